The van der Waals surface area contributed by atoms with Crippen LogP contribution in [0.3, 0.4) is 0 Å². The lowest BCUT2D eigenvalue weighted by atomic mass is 10.2. The van der Waals surface area contributed by atoms with Crippen LogP contribution in [-0.4, -0.2) is 25.1 Å². The molecule has 0 unspecified atom stereocenters. The number of aromatic nitrogens is 1. The fraction of sp³-hybridized carbons (Fsp3) is 0.133. The van der Waals surface area contributed by atoms with Gasteiger partial charge in [0.15, 0.2) is 11.5 Å². The van der Waals surface area contributed by atoms with Gasteiger partial charge in [-0.25, -0.2) is 4.98 Å². The molecule has 0 saturated carbocycles. The molecule has 0 aliphatic rings. The van der Waals surface area contributed by atoms with E-state index in [1.54, 1.807) is 30.3 Å². The molecule has 2 aromatic rings. The lowest BCUT2D eigenvalue weighted by molar-refractivity contribution is 0.102. The van der Waals surface area contributed by atoms with Crippen molar-refractivity contribution < 1.29 is 14.3 Å². The van der Waals surface area contributed by atoms with Crippen molar-refractivity contribution in [2.45, 2.75) is 0 Å². The number of pyridine rings is 1. The average molecular weight is 283 g/mol. The van der Waals surface area contributed by atoms with Crippen LogP contribution in [0.2, 0.25) is 0 Å². The number of ether oxygens (including phenoxy) is 2. The summed E-state index contributed by atoms with van der Waals surface area (Å²) in [6.07, 6.45) is 1.39. The smallest absolute Gasteiger partial charge is 0.256 e. The summed E-state index contributed by atoms with van der Waals surface area (Å²) in [5.74, 6) is 1.06. The van der Waals surface area contributed by atoms with E-state index in [9.17, 15) is 4.79 Å². The van der Waals surface area contributed by atoms with E-state index in [0.717, 1.165) is 0 Å². The van der Waals surface area contributed by atoms with Crippen LogP contribution in [0.5, 0.6) is 11.5 Å². The highest BCUT2D eigenvalue weighted by molar-refractivity contribution is 6.04. The first-order chi connectivity index (χ1) is 10.2. The van der Waals surface area contributed by atoms with Crippen LogP contribution in [-0.2, 0) is 0 Å². The number of carbonyl (C=O) groups excluding carboxylic acids is 1. The fourth-order valence-corrected chi connectivity index (χ4v) is 1.70. The van der Waals surface area contributed by atoms with Crippen LogP contribution in [0.1, 0.15) is 15.9 Å². The minimum absolute atomic E-state index is 0.326. The number of hydrogen-bond donors (Lipinski definition) is 1. The molecule has 0 aliphatic heterocycles. The van der Waals surface area contributed by atoms with Gasteiger partial charge in [0.05, 0.1) is 19.8 Å². The Bertz CT molecular complexity index is 690. The molecule has 1 aromatic heterocycles. The van der Waals surface area contributed by atoms with Gasteiger partial charge in [-0.3, -0.25) is 4.79 Å². The molecule has 1 aromatic carbocycles. The van der Waals surface area contributed by atoms with Gasteiger partial charge < -0.3 is 14.8 Å². The third kappa shape index (κ3) is 3.28. The summed E-state index contributed by atoms with van der Waals surface area (Å²) < 4.78 is 10.3. The molecular weight excluding hydrogens is 270 g/mol. The number of methoxy groups -OCH3 is 2. The minimum Gasteiger partial charge on any atom is -0.493 e. The molecular formula is C15H13N3O3. The highest BCUT2D eigenvalue weighted by Gasteiger charge is 2.11. The maximum absolute atomic E-state index is 12.1. The number of nitrogens with zero attached hydrogens (tertiary/aromatic N) is 2. The lowest BCUT2D eigenvalue weighted by Crippen LogP contribution is -2.13. The van der Waals surface area contributed by atoms with E-state index < -0.39 is 0 Å². The van der Waals surface area contributed by atoms with Gasteiger partial charge in [-0.2, -0.15) is 5.26 Å². The van der Waals surface area contributed by atoms with E-state index in [4.69, 9.17) is 14.7 Å². The average Bonchev–Trinajstić information content (AvgIpc) is 2.54. The predicted molar refractivity (Wildman–Crippen MR) is 76.5 cm³/mol. The highest BCUT2D eigenvalue weighted by Crippen LogP contribution is 2.27. The lowest BCUT2D eigenvalue weighted by Gasteiger charge is -2.09. The van der Waals surface area contributed by atoms with Crippen LogP contribution in [0.4, 0.5) is 5.82 Å². The molecule has 0 atom stereocenters. The van der Waals surface area contributed by atoms with Crippen LogP contribution in [0, 0.1) is 11.3 Å². The molecule has 1 N–H and O–H groups in total. The molecule has 0 aliphatic carbocycles. The van der Waals surface area contributed by atoms with E-state index in [0.29, 0.717) is 28.4 Å². The fourth-order valence-electron chi connectivity index (χ4n) is 1.70. The summed E-state index contributed by atoms with van der Waals surface area (Å²) in [5, 5.41) is 11.3. The Morgan fingerprint density at radius 2 is 1.95 bits per heavy atom. The van der Waals surface area contributed by atoms with Crippen LogP contribution >= 0.6 is 0 Å². The predicted octanol–water partition coefficient (Wildman–Crippen LogP) is 2.22. The van der Waals surface area contributed by atoms with Crippen molar-refractivity contribution in [3.05, 3.63) is 47.7 Å². The monoisotopic (exact) mass is 283 g/mol. The Hall–Kier alpha value is -3.07. The molecule has 0 radical (unpaired) electrons. The summed E-state index contributed by atoms with van der Waals surface area (Å²) in [4.78, 5) is 16.1. The summed E-state index contributed by atoms with van der Waals surface area (Å²) in [5.41, 5.74) is 0.845. The van der Waals surface area contributed by atoms with E-state index in [1.165, 1.54) is 20.4 Å². The summed E-state index contributed by atoms with van der Waals surface area (Å²) in [6.45, 7) is 0. The second kappa shape index (κ2) is 6.39. The number of benzene rings is 1. The van der Waals surface area contributed by atoms with Gasteiger partial charge >= 0.3 is 0 Å². The number of amides is 1. The number of nitrogens with one attached hydrogen (secondary N) is 1. The van der Waals surface area contributed by atoms with Gasteiger partial charge in [0.25, 0.3) is 5.91 Å². The molecule has 0 saturated heterocycles. The summed E-state index contributed by atoms with van der Waals surface area (Å²) in [6, 6.07) is 9.97. The first-order valence-corrected chi connectivity index (χ1v) is 6.07. The van der Waals surface area contributed by atoms with Gasteiger partial charge in [-0.1, -0.05) is 0 Å². The van der Waals surface area contributed by atoms with Crippen LogP contribution in [0.25, 0.3) is 0 Å². The first kappa shape index (κ1) is 14.3. The molecule has 0 bridgehead atoms. The van der Waals surface area contributed by atoms with Crippen molar-refractivity contribution >= 4 is 11.7 Å². The summed E-state index contributed by atoms with van der Waals surface area (Å²) in [7, 11) is 3.03. The molecule has 6 heteroatoms. The standard InChI is InChI=1S/C15H13N3O3/c1-20-12-5-4-11(7-13(12)21-2)15(19)18-14-6-3-10(8-16)9-17-14/h3-7,9H,1-2H3,(H,17,18,19). The molecule has 6 nitrogen and oxygen atoms in total. The number of carbonyl (C=O) groups is 1. The van der Waals surface area contributed by atoms with Crippen molar-refractivity contribution in [3.8, 4) is 17.6 Å². The van der Waals surface area contributed by atoms with Crippen molar-refractivity contribution in [2.24, 2.45) is 0 Å². The maximum Gasteiger partial charge on any atom is 0.256 e. The molecule has 2 rings (SSSR count). The Morgan fingerprint density at radius 1 is 1.19 bits per heavy atom. The van der Waals surface area contributed by atoms with Crippen molar-refractivity contribution in [3.63, 3.8) is 0 Å². The van der Waals surface area contributed by atoms with Gasteiger partial charge in [0.1, 0.15) is 11.9 Å². The summed E-state index contributed by atoms with van der Waals surface area (Å²) >= 11 is 0. The SMILES string of the molecule is COc1ccc(C(=O)Nc2ccc(C#N)cn2)cc1OC. The van der Waals surface area contributed by atoms with E-state index >= 15 is 0 Å². The zero-order valence-corrected chi connectivity index (χ0v) is 11.6. The highest BCUT2D eigenvalue weighted by atomic mass is 16.5. The Kier molecular flexibility index (Phi) is 4.36. The second-order valence-electron chi connectivity index (χ2n) is 4.07. The van der Waals surface area contributed by atoms with Gasteiger partial charge in [-0.15, -0.1) is 0 Å². The van der Waals surface area contributed by atoms with Crippen molar-refractivity contribution in [1.82, 2.24) is 4.98 Å². The zero-order valence-electron chi connectivity index (χ0n) is 11.6. The second-order valence-corrected chi connectivity index (χ2v) is 4.07. The van der Waals surface area contributed by atoms with Crippen LogP contribution < -0.4 is 14.8 Å². The molecule has 1 amide bonds. The molecule has 106 valence electrons. The number of hydrogen-bond acceptors (Lipinski definition) is 5. The Morgan fingerprint density at radius 3 is 2.52 bits per heavy atom. The maximum atomic E-state index is 12.1. The normalized spacial score (nSPS) is 9.57. The Balaban J connectivity index is 2.18. The molecule has 0 fully saturated rings. The van der Waals surface area contributed by atoms with Gasteiger partial charge in [0.2, 0.25) is 0 Å². The van der Waals surface area contributed by atoms with Crippen LogP contribution in [0.15, 0.2) is 36.5 Å². The van der Waals surface area contributed by atoms with E-state index in [-0.39, 0.29) is 5.91 Å². The minimum atomic E-state index is -0.326. The van der Waals surface area contributed by atoms with Crippen molar-refractivity contribution in [1.29, 1.82) is 5.26 Å². The van der Waals surface area contributed by atoms with Gasteiger partial charge in [-0.05, 0) is 30.3 Å². The van der Waals surface area contributed by atoms with E-state index in [2.05, 4.69) is 10.3 Å². The number of nitriles is 1. The van der Waals surface area contributed by atoms with Gasteiger partial charge in [0, 0.05) is 11.8 Å². The first-order valence-electron chi connectivity index (χ1n) is 6.07. The number of anilines is 1. The largest absolute Gasteiger partial charge is 0.493 e. The van der Waals surface area contributed by atoms with Crippen molar-refractivity contribution in [2.75, 3.05) is 19.5 Å². The molecule has 0 spiro atoms. The van der Waals surface area contributed by atoms with E-state index in [1.807, 2.05) is 6.07 Å². The topological polar surface area (TPSA) is 84.2 Å². The third-order valence-electron chi connectivity index (χ3n) is 2.78. The zero-order chi connectivity index (χ0) is 15.2. The molecule has 1 heterocycles. The quantitative estimate of drug-likeness (QED) is 0.930. The molecule has 21 heavy (non-hydrogen) atoms. The number of rotatable bonds is 4. The third-order valence-corrected chi connectivity index (χ3v) is 2.78. The Labute approximate surface area is 121 Å².